The Bertz CT molecular complexity index is 1450. The van der Waals surface area contributed by atoms with E-state index in [9.17, 15) is 19.4 Å². The van der Waals surface area contributed by atoms with E-state index in [1.807, 2.05) is 27.2 Å². The lowest BCUT2D eigenvalue weighted by Crippen LogP contribution is -2.45. The number of carbonyl (C=O) groups excluding carboxylic acids is 1. The van der Waals surface area contributed by atoms with E-state index in [4.69, 9.17) is 9.05 Å². The minimum absolute atomic E-state index is 0.0539. The van der Waals surface area contributed by atoms with Crippen LogP contribution in [0.25, 0.3) is 0 Å². The van der Waals surface area contributed by atoms with Crippen LogP contribution in [0.5, 0.6) is 0 Å². The molecule has 0 radical (unpaired) electrons. The lowest BCUT2D eigenvalue weighted by molar-refractivity contribution is -0.870. The molecule has 0 saturated carbocycles. The highest BCUT2D eigenvalue weighted by atomic mass is 31.2. The van der Waals surface area contributed by atoms with Crippen molar-refractivity contribution < 1.29 is 32.9 Å². The third kappa shape index (κ3) is 55.4. The smallest absolute Gasteiger partial charge is 0.387 e. The van der Waals surface area contributed by atoms with Gasteiger partial charge < -0.3 is 19.8 Å². The molecule has 1 amide bonds. The normalized spacial score (nSPS) is 14.5. The molecule has 3 N–H and O–H groups in total. The maximum Gasteiger partial charge on any atom is 0.472 e. The number of carbonyl (C=O) groups is 1. The fourth-order valence-corrected chi connectivity index (χ4v) is 9.17. The van der Waals surface area contributed by atoms with Crippen LogP contribution in [0.1, 0.15) is 258 Å². The summed E-state index contributed by atoms with van der Waals surface area (Å²) in [5.74, 6) is -0.188. The maximum absolute atomic E-state index is 13.0. The first kappa shape index (κ1) is 69.7. The van der Waals surface area contributed by atoms with E-state index in [1.54, 1.807) is 6.08 Å². The summed E-state index contributed by atoms with van der Waals surface area (Å²) >= 11 is 0. The third-order valence-electron chi connectivity index (χ3n) is 13.1. The number of phosphoric acid groups is 1. The summed E-state index contributed by atoms with van der Waals surface area (Å²) in [7, 11) is 1.55. The zero-order valence-corrected chi connectivity index (χ0v) is 48.5. The van der Waals surface area contributed by atoms with E-state index in [0.29, 0.717) is 17.4 Å². The Morgan fingerprint density at radius 3 is 1.28 bits per heavy atom. The Morgan fingerprint density at radius 2 is 0.847 bits per heavy atom. The van der Waals surface area contributed by atoms with Gasteiger partial charge in [-0.15, -0.1) is 0 Å². The quantitative estimate of drug-likeness (QED) is 0.0243. The summed E-state index contributed by atoms with van der Waals surface area (Å²) in [4.78, 5) is 23.3. The van der Waals surface area contributed by atoms with E-state index in [-0.39, 0.29) is 19.1 Å². The van der Waals surface area contributed by atoms with Crippen LogP contribution in [0.15, 0.2) is 85.1 Å². The second-order valence-electron chi connectivity index (χ2n) is 21.3. The lowest BCUT2D eigenvalue weighted by Gasteiger charge is -2.25. The molecule has 9 heteroatoms. The fourth-order valence-electron chi connectivity index (χ4n) is 8.44. The van der Waals surface area contributed by atoms with Gasteiger partial charge >= 0.3 is 7.82 Å². The fraction of sp³-hybridized carbons (Fsp3) is 0.762. The van der Waals surface area contributed by atoms with Gasteiger partial charge in [-0.25, -0.2) is 4.57 Å². The molecule has 0 aliphatic carbocycles. The van der Waals surface area contributed by atoms with Crippen LogP contribution >= 0.6 is 7.82 Å². The highest BCUT2D eigenvalue weighted by Crippen LogP contribution is 2.43. The maximum atomic E-state index is 13.0. The molecule has 3 unspecified atom stereocenters. The molecule has 0 spiro atoms. The molecule has 0 rings (SSSR count). The molecule has 8 nitrogen and oxygen atoms in total. The van der Waals surface area contributed by atoms with Crippen molar-refractivity contribution in [3.8, 4) is 0 Å². The Labute approximate surface area is 446 Å². The molecule has 0 aliphatic heterocycles. The summed E-state index contributed by atoms with van der Waals surface area (Å²) in [5, 5.41) is 13.9. The van der Waals surface area contributed by atoms with Gasteiger partial charge in [-0.1, -0.05) is 259 Å². The SMILES string of the molecule is CC/C=C\C/C=C\C/C=C\C/C=C\C/C=C\CCCCCCCCCCCCCCCCCC(=O)NC(COP(=O)(O)OCC[N+](C)(C)C)C(O)/C=C/CC/C=C/CCCCCCCCCCCCCCC. The van der Waals surface area contributed by atoms with E-state index < -0.39 is 20.0 Å². The largest absolute Gasteiger partial charge is 0.472 e. The monoisotopic (exact) mass is 1030 g/mol. The van der Waals surface area contributed by atoms with Crippen molar-refractivity contribution in [1.82, 2.24) is 5.32 Å². The molecule has 0 fully saturated rings. The second kappa shape index (κ2) is 53.5. The van der Waals surface area contributed by atoms with Crippen molar-refractivity contribution in [3.63, 3.8) is 0 Å². The number of aliphatic hydroxyl groups is 1. The van der Waals surface area contributed by atoms with Crippen molar-refractivity contribution in [2.24, 2.45) is 0 Å². The minimum atomic E-state index is -4.36. The molecule has 0 aliphatic rings. The molecule has 0 aromatic carbocycles. The number of rotatable bonds is 54. The zero-order valence-electron chi connectivity index (χ0n) is 47.7. The molecule has 0 saturated heterocycles. The first-order valence-corrected chi connectivity index (χ1v) is 31.5. The van der Waals surface area contributed by atoms with Gasteiger partial charge in [0.2, 0.25) is 5.91 Å². The Hall–Kier alpha value is -2.32. The highest BCUT2D eigenvalue weighted by Gasteiger charge is 2.27. The number of nitrogens with one attached hydrogen (secondary N) is 1. The number of amides is 1. The van der Waals surface area contributed by atoms with Crippen molar-refractivity contribution in [2.75, 3.05) is 40.9 Å². The summed E-state index contributed by atoms with van der Waals surface area (Å²) in [6, 6.07) is -0.868. The Kier molecular flexibility index (Phi) is 51.8. The number of quaternary nitrogens is 1. The van der Waals surface area contributed by atoms with Crippen molar-refractivity contribution in [1.29, 1.82) is 0 Å². The van der Waals surface area contributed by atoms with Crippen LogP contribution in [0, 0.1) is 0 Å². The second-order valence-corrected chi connectivity index (χ2v) is 22.8. The first-order chi connectivity index (χ1) is 35.0. The van der Waals surface area contributed by atoms with Gasteiger partial charge in [-0.2, -0.15) is 0 Å². The predicted molar refractivity (Wildman–Crippen MR) is 313 cm³/mol. The van der Waals surface area contributed by atoms with Crippen LogP contribution in [0.2, 0.25) is 0 Å². The topological polar surface area (TPSA) is 105 Å². The molecular formula is C63H116N2O6P+. The van der Waals surface area contributed by atoms with Crippen molar-refractivity contribution in [2.45, 2.75) is 270 Å². The number of likely N-dealkylation sites (N-methyl/N-ethyl adjacent to an activating group) is 1. The van der Waals surface area contributed by atoms with Gasteiger partial charge in [0.05, 0.1) is 39.9 Å². The van der Waals surface area contributed by atoms with E-state index in [1.165, 1.54) is 167 Å². The number of allylic oxidation sites excluding steroid dienone is 13. The average molecular weight is 1030 g/mol. The van der Waals surface area contributed by atoms with Gasteiger partial charge in [0.25, 0.3) is 0 Å². The van der Waals surface area contributed by atoms with Crippen LogP contribution < -0.4 is 5.32 Å². The van der Waals surface area contributed by atoms with Crippen LogP contribution in [-0.4, -0.2) is 73.4 Å². The van der Waals surface area contributed by atoms with E-state index >= 15 is 0 Å². The third-order valence-corrected chi connectivity index (χ3v) is 14.1. The van der Waals surface area contributed by atoms with Crippen LogP contribution in [-0.2, 0) is 18.4 Å². The lowest BCUT2D eigenvalue weighted by atomic mass is 10.0. The zero-order chi connectivity index (χ0) is 52.7. The molecule has 72 heavy (non-hydrogen) atoms. The number of nitrogens with zero attached hydrogens (tertiary/aromatic N) is 1. The van der Waals surface area contributed by atoms with Crippen LogP contribution in [0.3, 0.4) is 0 Å². The minimum Gasteiger partial charge on any atom is -0.387 e. The summed E-state index contributed by atoms with van der Waals surface area (Å²) in [6.07, 6.45) is 75.5. The highest BCUT2D eigenvalue weighted by molar-refractivity contribution is 7.47. The molecule has 418 valence electrons. The predicted octanol–water partition coefficient (Wildman–Crippen LogP) is 18.4. The molecule has 0 aromatic heterocycles. The van der Waals surface area contributed by atoms with E-state index in [0.717, 1.165) is 70.6 Å². The molecular weight excluding hydrogens is 912 g/mol. The number of aliphatic hydroxyl groups excluding tert-OH is 1. The number of hydrogen-bond acceptors (Lipinski definition) is 5. The molecule has 3 atom stereocenters. The van der Waals surface area contributed by atoms with E-state index in [2.05, 4.69) is 92.1 Å². The molecule has 0 bridgehead atoms. The Morgan fingerprint density at radius 1 is 0.486 bits per heavy atom. The molecule has 0 heterocycles. The standard InChI is InChI=1S/C63H115N2O6P/c1-6-8-10-12-14-16-18-20-22-24-26-27-28-29-30-31-32-33-34-35-36-37-39-41-43-45-47-49-51-53-55-57-63(67)64-61(60-71-72(68,69)70-59-58-65(3,4)5)62(66)56-54-52-50-48-46-44-42-40-38-25-23-21-19-17-15-13-11-9-7-2/h8,10,14,16,20,22,26-27,29-30,46,48,54,56,61-62,66H,6-7,9,11-13,15,17-19,21,23-25,28,31-45,47,49-53,55,57-60H2,1-5H3,(H-,64,67,68,69)/p+1/b10-8-,16-14-,22-20-,27-26-,30-29-,48-46+,56-54+. The first-order valence-electron chi connectivity index (χ1n) is 30.0. The number of hydrogen-bond donors (Lipinski definition) is 3. The summed E-state index contributed by atoms with van der Waals surface area (Å²) < 4.78 is 23.7. The van der Waals surface area contributed by atoms with Crippen LogP contribution in [0.4, 0.5) is 0 Å². The summed E-state index contributed by atoms with van der Waals surface area (Å²) in [6.45, 7) is 4.70. The van der Waals surface area contributed by atoms with Gasteiger partial charge in [0.1, 0.15) is 13.2 Å². The van der Waals surface area contributed by atoms with Gasteiger partial charge in [-0.05, 0) is 77.0 Å². The number of phosphoric ester groups is 1. The molecule has 0 aromatic rings. The van der Waals surface area contributed by atoms with Crippen molar-refractivity contribution in [3.05, 3.63) is 85.1 Å². The summed E-state index contributed by atoms with van der Waals surface area (Å²) in [5.41, 5.74) is 0. The van der Waals surface area contributed by atoms with Gasteiger partial charge in [0.15, 0.2) is 0 Å². The Balaban J connectivity index is 4.17. The van der Waals surface area contributed by atoms with Gasteiger partial charge in [0, 0.05) is 6.42 Å². The number of unbranched alkanes of at least 4 members (excludes halogenated alkanes) is 29. The van der Waals surface area contributed by atoms with Gasteiger partial charge in [-0.3, -0.25) is 13.8 Å². The average Bonchev–Trinajstić information content (AvgIpc) is 3.34. The van der Waals surface area contributed by atoms with Crippen molar-refractivity contribution >= 4 is 13.7 Å².